The van der Waals surface area contributed by atoms with E-state index in [2.05, 4.69) is 11.0 Å². The van der Waals surface area contributed by atoms with Gasteiger partial charge in [0.05, 0.1) is 17.8 Å². The molecule has 1 aromatic carbocycles. The van der Waals surface area contributed by atoms with E-state index >= 15 is 0 Å². The maximum absolute atomic E-state index is 11.7. The molecule has 0 bridgehead atoms. The molecule has 1 aromatic rings. The Morgan fingerprint density at radius 1 is 1.19 bits per heavy atom. The lowest BCUT2D eigenvalue weighted by Crippen LogP contribution is -2.09. The number of thioether (sulfide) groups is 1. The highest BCUT2D eigenvalue weighted by atomic mass is 32.2. The van der Waals surface area contributed by atoms with E-state index < -0.39 is 0 Å². The number of hydrogen-bond acceptors (Lipinski definition) is 4. The molecule has 0 saturated carbocycles. The van der Waals surface area contributed by atoms with Gasteiger partial charge in [-0.15, -0.1) is 0 Å². The molecule has 0 radical (unpaired) electrons. The van der Waals surface area contributed by atoms with Gasteiger partial charge in [-0.1, -0.05) is 30.0 Å². The smallest absolute Gasteiger partial charge is 0.185 e. The first kappa shape index (κ1) is 13.8. The lowest BCUT2D eigenvalue weighted by atomic mass is 10.1. The molecule has 21 heavy (non-hydrogen) atoms. The van der Waals surface area contributed by atoms with Crippen molar-refractivity contribution in [1.29, 1.82) is 0 Å². The predicted octanol–water partition coefficient (Wildman–Crippen LogP) is 3.70. The second-order valence-electron chi connectivity index (χ2n) is 4.70. The minimum absolute atomic E-state index is 0.0409. The largest absolute Gasteiger partial charge is 0.497 e. The zero-order valence-electron chi connectivity index (χ0n) is 11.9. The number of carbonyl (C=O) groups excluding carboxylic acids is 1. The van der Waals surface area contributed by atoms with Gasteiger partial charge in [-0.05, 0) is 30.4 Å². The van der Waals surface area contributed by atoms with E-state index in [0.717, 1.165) is 16.5 Å². The summed E-state index contributed by atoms with van der Waals surface area (Å²) in [5.74, 6) is 0.885. The highest BCUT2D eigenvalue weighted by Gasteiger charge is 2.22. The summed E-state index contributed by atoms with van der Waals surface area (Å²) in [5, 5.41) is 1.08. The number of allylic oxidation sites excluding steroid dienone is 7. The zero-order chi connectivity index (χ0) is 14.8. The zero-order valence-corrected chi connectivity index (χ0v) is 12.7. The van der Waals surface area contributed by atoms with Crippen LogP contribution in [0.5, 0.6) is 5.75 Å². The van der Waals surface area contributed by atoms with Crippen LogP contribution in [0, 0.1) is 0 Å². The van der Waals surface area contributed by atoms with Crippen LogP contribution in [0.1, 0.15) is 0 Å². The van der Waals surface area contributed by atoms with Crippen molar-refractivity contribution >= 4 is 23.2 Å². The van der Waals surface area contributed by atoms with Crippen molar-refractivity contribution in [3.05, 3.63) is 65.3 Å². The molecule has 4 heteroatoms. The number of methoxy groups -OCH3 is 1. The molecule has 0 N–H and O–H groups in total. The molecule has 0 spiro atoms. The van der Waals surface area contributed by atoms with Gasteiger partial charge >= 0.3 is 0 Å². The van der Waals surface area contributed by atoms with Crippen LogP contribution in [0.3, 0.4) is 0 Å². The summed E-state index contributed by atoms with van der Waals surface area (Å²) in [6.07, 6.45) is 10.9. The molecule has 0 atom stereocenters. The van der Waals surface area contributed by atoms with Crippen molar-refractivity contribution in [3.63, 3.8) is 0 Å². The standard InChI is InChI=1S/C17H15NO2S/c1-18-14-11-13(20-2)8-9-16(14)21-17(18)10-7-12-5-3-4-6-15(12)19/h3-11H,1-2H3/b12-7-,17-10-. The van der Waals surface area contributed by atoms with Gasteiger partial charge in [-0.25, -0.2) is 0 Å². The SMILES string of the molecule is COc1ccc2c(c1)N(C)/C(=C/C=C1/C=CC=CC1=O)S2. The molecule has 0 aromatic heterocycles. The number of ether oxygens (including phenoxy) is 1. The van der Waals surface area contributed by atoms with E-state index in [9.17, 15) is 4.79 Å². The molecular weight excluding hydrogens is 282 g/mol. The third-order valence-electron chi connectivity index (χ3n) is 3.40. The topological polar surface area (TPSA) is 29.5 Å². The summed E-state index contributed by atoms with van der Waals surface area (Å²) in [5.41, 5.74) is 1.82. The minimum atomic E-state index is 0.0409. The molecule has 2 aliphatic rings. The van der Waals surface area contributed by atoms with Crippen molar-refractivity contribution < 1.29 is 9.53 Å². The van der Waals surface area contributed by atoms with E-state index in [1.165, 1.54) is 4.90 Å². The van der Waals surface area contributed by atoms with Crippen LogP contribution in [0.15, 0.2) is 70.2 Å². The van der Waals surface area contributed by atoms with Crippen molar-refractivity contribution in [2.75, 3.05) is 19.1 Å². The maximum Gasteiger partial charge on any atom is 0.185 e. The summed E-state index contributed by atoms with van der Waals surface area (Å²) in [4.78, 5) is 15.0. The number of rotatable bonds is 2. The lowest BCUT2D eigenvalue weighted by molar-refractivity contribution is -0.111. The number of anilines is 1. The molecule has 3 nitrogen and oxygen atoms in total. The molecule has 0 fully saturated rings. The first-order valence-electron chi connectivity index (χ1n) is 6.60. The van der Waals surface area contributed by atoms with Gasteiger partial charge in [-0.3, -0.25) is 4.79 Å². The van der Waals surface area contributed by atoms with Gasteiger partial charge in [0.25, 0.3) is 0 Å². The molecule has 0 amide bonds. The normalized spacial score (nSPS) is 20.5. The lowest BCUT2D eigenvalue weighted by Gasteiger charge is -2.13. The van der Waals surface area contributed by atoms with Crippen LogP contribution in [0.25, 0.3) is 0 Å². The number of ketones is 1. The quantitative estimate of drug-likeness (QED) is 0.779. The Morgan fingerprint density at radius 3 is 2.76 bits per heavy atom. The van der Waals surface area contributed by atoms with Crippen molar-refractivity contribution in [1.82, 2.24) is 0 Å². The van der Waals surface area contributed by atoms with Crippen molar-refractivity contribution in [2.45, 2.75) is 4.90 Å². The summed E-state index contributed by atoms with van der Waals surface area (Å²) in [7, 11) is 3.68. The van der Waals surface area contributed by atoms with Crippen LogP contribution < -0.4 is 9.64 Å². The second kappa shape index (κ2) is 5.66. The summed E-state index contributed by atoms with van der Waals surface area (Å²) < 4.78 is 5.26. The van der Waals surface area contributed by atoms with Gasteiger partial charge in [0.2, 0.25) is 0 Å². The van der Waals surface area contributed by atoms with Gasteiger partial charge < -0.3 is 9.64 Å². The highest BCUT2D eigenvalue weighted by Crippen LogP contribution is 2.46. The van der Waals surface area contributed by atoms with Gasteiger partial charge in [0.15, 0.2) is 5.78 Å². The number of nitrogens with zero attached hydrogens (tertiary/aromatic N) is 1. The van der Waals surface area contributed by atoms with E-state index in [-0.39, 0.29) is 5.78 Å². The number of carbonyl (C=O) groups is 1. The van der Waals surface area contributed by atoms with Gasteiger partial charge in [-0.2, -0.15) is 0 Å². The molecule has 1 aliphatic carbocycles. The molecule has 0 unspecified atom stereocenters. The van der Waals surface area contributed by atoms with E-state index in [1.807, 2.05) is 43.5 Å². The van der Waals surface area contributed by atoms with Crippen LogP contribution in [0.2, 0.25) is 0 Å². The Kier molecular flexibility index (Phi) is 3.71. The average molecular weight is 297 g/mol. The Labute approximate surface area is 128 Å². The van der Waals surface area contributed by atoms with Crippen molar-refractivity contribution in [2.24, 2.45) is 0 Å². The van der Waals surface area contributed by atoms with Gasteiger partial charge in [0, 0.05) is 23.6 Å². The maximum atomic E-state index is 11.7. The monoisotopic (exact) mass is 297 g/mol. The second-order valence-corrected chi connectivity index (χ2v) is 5.77. The third kappa shape index (κ3) is 2.67. The van der Waals surface area contributed by atoms with E-state index in [0.29, 0.717) is 5.57 Å². The first-order valence-corrected chi connectivity index (χ1v) is 7.41. The van der Waals surface area contributed by atoms with Gasteiger partial charge in [0.1, 0.15) is 5.75 Å². The fourth-order valence-electron chi connectivity index (χ4n) is 2.20. The number of benzene rings is 1. The summed E-state index contributed by atoms with van der Waals surface area (Å²) in [6, 6.07) is 6.03. The van der Waals surface area contributed by atoms with Crippen LogP contribution in [-0.4, -0.2) is 19.9 Å². The Balaban J connectivity index is 1.87. The number of fused-ring (bicyclic) bond motifs is 1. The first-order chi connectivity index (χ1) is 10.2. The predicted molar refractivity (Wildman–Crippen MR) is 86.7 cm³/mol. The van der Waals surface area contributed by atoms with Crippen LogP contribution in [-0.2, 0) is 4.79 Å². The Hall–Kier alpha value is -2.20. The van der Waals surface area contributed by atoms with Crippen LogP contribution >= 0.6 is 11.8 Å². The average Bonchev–Trinajstić information content (AvgIpc) is 2.82. The molecule has 1 heterocycles. The van der Waals surface area contributed by atoms with E-state index in [4.69, 9.17) is 4.74 Å². The number of hydrogen-bond donors (Lipinski definition) is 0. The summed E-state index contributed by atoms with van der Waals surface area (Å²) >= 11 is 1.69. The molecule has 3 rings (SSSR count). The highest BCUT2D eigenvalue weighted by molar-refractivity contribution is 8.03. The fraction of sp³-hybridized carbons (Fsp3) is 0.118. The molecular formula is C17H15NO2S. The molecule has 106 valence electrons. The Morgan fingerprint density at radius 2 is 2.00 bits per heavy atom. The Bertz CT molecular complexity index is 714. The third-order valence-corrected chi connectivity index (χ3v) is 4.58. The van der Waals surface area contributed by atoms with Crippen LogP contribution in [0.4, 0.5) is 5.69 Å². The van der Waals surface area contributed by atoms with Crippen molar-refractivity contribution in [3.8, 4) is 5.75 Å². The van der Waals surface area contributed by atoms with E-state index in [1.54, 1.807) is 31.0 Å². The molecule has 1 aliphatic heterocycles. The minimum Gasteiger partial charge on any atom is -0.497 e. The molecule has 0 saturated heterocycles. The fourth-order valence-corrected chi connectivity index (χ4v) is 3.23. The summed E-state index contributed by atoms with van der Waals surface area (Å²) in [6.45, 7) is 0.